The summed E-state index contributed by atoms with van der Waals surface area (Å²) in [5.74, 6) is 0.986. The van der Waals surface area contributed by atoms with Crippen LogP contribution in [-0.2, 0) is 11.3 Å². The van der Waals surface area contributed by atoms with Gasteiger partial charge in [0.05, 0.1) is 17.2 Å². The molecular weight excluding hydrogens is 286 g/mol. The number of nitrogens with one attached hydrogen (secondary N) is 2. The third kappa shape index (κ3) is 4.17. The first-order valence-electron chi connectivity index (χ1n) is 7.13. The molecule has 0 radical (unpaired) electrons. The molecule has 7 heteroatoms. The highest BCUT2D eigenvalue weighted by Crippen LogP contribution is 2.16. The number of aryl methyl sites for hydroxylation is 2. The van der Waals surface area contributed by atoms with E-state index >= 15 is 0 Å². The molecule has 116 valence electrons. The summed E-state index contributed by atoms with van der Waals surface area (Å²) >= 11 is 1.70. The van der Waals surface area contributed by atoms with Gasteiger partial charge in [-0.2, -0.15) is 0 Å². The number of rotatable bonds is 3. The Kier molecular flexibility index (Phi) is 5.17. The second-order valence-corrected chi connectivity index (χ2v) is 6.61. The Morgan fingerprint density at radius 2 is 2.29 bits per heavy atom. The Balaban J connectivity index is 1.86. The van der Waals surface area contributed by atoms with E-state index in [2.05, 4.69) is 20.6 Å². The molecule has 0 bridgehead atoms. The number of hydrogen-bond acceptors (Lipinski definition) is 4. The number of guanidine groups is 1. The molecule has 1 aromatic heterocycles. The molecule has 1 aliphatic heterocycles. The molecule has 0 aliphatic carbocycles. The lowest BCUT2D eigenvalue weighted by Crippen LogP contribution is -2.51. The van der Waals surface area contributed by atoms with Crippen LogP contribution in [0, 0.1) is 13.8 Å². The van der Waals surface area contributed by atoms with Gasteiger partial charge in [0.25, 0.3) is 0 Å². The second-order valence-electron chi connectivity index (χ2n) is 5.32. The van der Waals surface area contributed by atoms with Gasteiger partial charge in [0.2, 0.25) is 5.91 Å². The van der Waals surface area contributed by atoms with Gasteiger partial charge >= 0.3 is 0 Å². The van der Waals surface area contributed by atoms with Crippen molar-refractivity contribution in [1.82, 2.24) is 20.5 Å². The summed E-state index contributed by atoms with van der Waals surface area (Å²) in [4.78, 5) is 23.2. The predicted molar refractivity (Wildman–Crippen MR) is 85.6 cm³/mol. The van der Waals surface area contributed by atoms with E-state index in [1.807, 2.05) is 20.9 Å². The van der Waals surface area contributed by atoms with Crippen molar-refractivity contribution in [3.63, 3.8) is 0 Å². The van der Waals surface area contributed by atoms with Crippen molar-refractivity contribution in [2.24, 2.45) is 4.99 Å². The minimum atomic E-state index is 0.215. The smallest absolute Gasteiger partial charge is 0.222 e. The molecule has 0 spiro atoms. The van der Waals surface area contributed by atoms with Crippen LogP contribution in [0.5, 0.6) is 0 Å². The molecule has 1 fully saturated rings. The molecule has 1 amide bonds. The van der Waals surface area contributed by atoms with Gasteiger partial charge in [0.1, 0.15) is 0 Å². The standard InChI is InChI=1S/C14H23N5OS/c1-9-12(21-10(2)17-9)7-16-14(15-3)18-11-5-6-13(20)19(4)8-11/h11H,5-8H2,1-4H3,(H2,15,16,18). The van der Waals surface area contributed by atoms with Crippen LogP contribution in [0.15, 0.2) is 4.99 Å². The van der Waals surface area contributed by atoms with Crippen molar-refractivity contribution in [2.45, 2.75) is 39.3 Å². The lowest BCUT2D eigenvalue weighted by Gasteiger charge is -2.31. The number of likely N-dealkylation sites (tertiary alicyclic amines) is 1. The van der Waals surface area contributed by atoms with E-state index in [1.54, 1.807) is 23.3 Å². The predicted octanol–water partition coefficient (Wildman–Crippen LogP) is 1.05. The van der Waals surface area contributed by atoms with Crippen LogP contribution >= 0.6 is 11.3 Å². The maximum absolute atomic E-state index is 11.5. The minimum absolute atomic E-state index is 0.215. The fourth-order valence-corrected chi connectivity index (χ4v) is 3.30. The van der Waals surface area contributed by atoms with Gasteiger partial charge in [0, 0.05) is 38.0 Å². The highest BCUT2D eigenvalue weighted by Gasteiger charge is 2.23. The van der Waals surface area contributed by atoms with Crippen LogP contribution in [0.2, 0.25) is 0 Å². The Morgan fingerprint density at radius 3 is 2.86 bits per heavy atom. The number of piperidine rings is 1. The molecule has 2 heterocycles. The zero-order chi connectivity index (χ0) is 15.4. The van der Waals surface area contributed by atoms with Crippen LogP contribution in [0.1, 0.15) is 28.4 Å². The first-order chi connectivity index (χ1) is 9.99. The zero-order valence-electron chi connectivity index (χ0n) is 13.1. The largest absolute Gasteiger partial charge is 0.352 e. The van der Waals surface area contributed by atoms with Gasteiger partial charge in [0.15, 0.2) is 5.96 Å². The van der Waals surface area contributed by atoms with E-state index < -0.39 is 0 Å². The summed E-state index contributed by atoms with van der Waals surface area (Å²) in [6, 6.07) is 0.253. The normalized spacial score (nSPS) is 19.8. The summed E-state index contributed by atoms with van der Waals surface area (Å²) in [6.07, 6.45) is 1.45. The lowest BCUT2D eigenvalue weighted by molar-refractivity contribution is -0.132. The van der Waals surface area contributed by atoms with Crippen molar-refractivity contribution >= 4 is 23.2 Å². The third-order valence-corrected chi connectivity index (χ3v) is 4.68. The Morgan fingerprint density at radius 1 is 1.52 bits per heavy atom. The number of aromatic nitrogens is 1. The molecule has 0 aromatic carbocycles. The summed E-state index contributed by atoms with van der Waals surface area (Å²) in [6.45, 7) is 5.48. The average Bonchev–Trinajstić information content (AvgIpc) is 2.77. The average molecular weight is 309 g/mol. The van der Waals surface area contributed by atoms with E-state index in [9.17, 15) is 4.79 Å². The third-order valence-electron chi connectivity index (χ3n) is 3.61. The summed E-state index contributed by atoms with van der Waals surface area (Å²) in [5.41, 5.74) is 1.07. The highest BCUT2D eigenvalue weighted by molar-refractivity contribution is 7.11. The van der Waals surface area contributed by atoms with E-state index in [0.717, 1.165) is 36.2 Å². The van der Waals surface area contributed by atoms with Crippen molar-refractivity contribution in [3.05, 3.63) is 15.6 Å². The maximum Gasteiger partial charge on any atom is 0.222 e. The Hall–Kier alpha value is -1.63. The summed E-state index contributed by atoms with van der Waals surface area (Å²) in [5, 5.41) is 7.78. The number of carbonyl (C=O) groups excluding carboxylic acids is 1. The van der Waals surface area contributed by atoms with Crippen molar-refractivity contribution in [2.75, 3.05) is 20.6 Å². The fraction of sp³-hybridized carbons (Fsp3) is 0.643. The van der Waals surface area contributed by atoms with Crippen LogP contribution in [0.4, 0.5) is 0 Å². The van der Waals surface area contributed by atoms with Crippen LogP contribution in [0.25, 0.3) is 0 Å². The monoisotopic (exact) mass is 309 g/mol. The van der Waals surface area contributed by atoms with E-state index in [-0.39, 0.29) is 11.9 Å². The second kappa shape index (κ2) is 6.89. The Labute approximate surface area is 129 Å². The molecule has 2 rings (SSSR count). The quantitative estimate of drug-likeness (QED) is 0.647. The molecular formula is C14H23N5OS. The summed E-state index contributed by atoms with van der Waals surface area (Å²) < 4.78 is 0. The van der Waals surface area contributed by atoms with Gasteiger partial charge in [-0.25, -0.2) is 4.98 Å². The highest BCUT2D eigenvalue weighted by atomic mass is 32.1. The minimum Gasteiger partial charge on any atom is -0.352 e. The summed E-state index contributed by atoms with van der Waals surface area (Å²) in [7, 11) is 3.60. The van der Waals surface area contributed by atoms with Crippen molar-refractivity contribution < 1.29 is 4.79 Å². The van der Waals surface area contributed by atoms with Gasteiger partial charge in [-0.05, 0) is 20.3 Å². The van der Waals surface area contributed by atoms with Gasteiger partial charge in [-0.3, -0.25) is 9.79 Å². The number of amides is 1. The zero-order valence-corrected chi connectivity index (χ0v) is 13.9. The molecule has 21 heavy (non-hydrogen) atoms. The van der Waals surface area contributed by atoms with Crippen LogP contribution in [-0.4, -0.2) is 48.4 Å². The number of carbonyl (C=O) groups is 1. The molecule has 1 aromatic rings. The molecule has 6 nitrogen and oxygen atoms in total. The molecule has 2 N–H and O–H groups in total. The van der Waals surface area contributed by atoms with Gasteiger partial charge < -0.3 is 15.5 Å². The van der Waals surface area contributed by atoms with E-state index in [0.29, 0.717) is 6.42 Å². The van der Waals surface area contributed by atoms with Gasteiger partial charge in [-0.15, -0.1) is 11.3 Å². The topological polar surface area (TPSA) is 69.6 Å². The molecule has 1 atom stereocenters. The van der Waals surface area contributed by atoms with Crippen LogP contribution in [0.3, 0.4) is 0 Å². The Bertz CT molecular complexity index is 539. The van der Waals surface area contributed by atoms with Crippen molar-refractivity contribution in [1.29, 1.82) is 0 Å². The van der Waals surface area contributed by atoms with E-state index in [1.165, 1.54) is 4.88 Å². The number of aliphatic imine (C=N–C) groups is 1. The van der Waals surface area contributed by atoms with Gasteiger partial charge in [-0.1, -0.05) is 0 Å². The molecule has 1 saturated heterocycles. The molecule has 1 aliphatic rings. The van der Waals surface area contributed by atoms with E-state index in [4.69, 9.17) is 0 Å². The fourth-order valence-electron chi connectivity index (χ4n) is 2.42. The van der Waals surface area contributed by atoms with Crippen LogP contribution < -0.4 is 10.6 Å². The lowest BCUT2D eigenvalue weighted by atomic mass is 10.1. The van der Waals surface area contributed by atoms with Crippen molar-refractivity contribution in [3.8, 4) is 0 Å². The number of nitrogens with zero attached hydrogens (tertiary/aromatic N) is 3. The number of hydrogen-bond donors (Lipinski definition) is 2. The SMILES string of the molecule is CN=C(NCc1sc(C)nc1C)NC1CCC(=O)N(C)C1. The molecule has 1 unspecified atom stereocenters. The molecule has 0 saturated carbocycles. The number of thiazole rings is 1. The first-order valence-corrected chi connectivity index (χ1v) is 7.95. The first kappa shape index (κ1) is 15.8. The maximum atomic E-state index is 11.5. The number of likely N-dealkylation sites (N-methyl/N-ethyl adjacent to an activating group) is 1.